The van der Waals surface area contributed by atoms with Crippen molar-refractivity contribution in [2.45, 2.75) is 51.0 Å². The van der Waals surface area contributed by atoms with Gasteiger partial charge in [0.15, 0.2) is 0 Å². The van der Waals surface area contributed by atoms with Gasteiger partial charge in [0, 0.05) is 18.8 Å². The molecule has 4 heteroatoms. The van der Waals surface area contributed by atoms with Crippen LogP contribution >= 0.6 is 0 Å². The molecule has 0 aromatic heterocycles. The molecule has 2 unspecified atom stereocenters. The summed E-state index contributed by atoms with van der Waals surface area (Å²) < 4.78 is 11.1. The largest absolute Gasteiger partial charge is 0.394 e. The molecule has 1 aliphatic rings. The summed E-state index contributed by atoms with van der Waals surface area (Å²) >= 11 is 0. The summed E-state index contributed by atoms with van der Waals surface area (Å²) in [6.07, 6.45) is 6.80. The van der Waals surface area contributed by atoms with E-state index < -0.39 is 0 Å². The van der Waals surface area contributed by atoms with Gasteiger partial charge < -0.3 is 19.9 Å². The predicted octanol–water partition coefficient (Wildman–Crippen LogP) is 1.96. The summed E-state index contributed by atoms with van der Waals surface area (Å²) in [5, 5.41) is 12.9. The lowest BCUT2D eigenvalue weighted by Crippen LogP contribution is -2.49. The molecular weight excluding hydrogens is 242 g/mol. The molecular formula is C15H31NO3. The van der Waals surface area contributed by atoms with E-state index in [1.807, 2.05) is 7.05 Å². The van der Waals surface area contributed by atoms with E-state index >= 15 is 0 Å². The minimum Gasteiger partial charge on any atom is -0.394 e. The first-order chi connectivity index (χ1) is 9.29. The molecule has 0 saturated heterocycles. The highest BCUT2D eigenvalue weighted by Crippen LogP contribution is 2.37. The Balaban J connectivity index is 2.05. The Kier molecular flexibility index (Phi) is 8.62. The fourth-order valence-corrected chi connectivity index (χ4v) is 2.98. The lowest BCUT2D eigenvalue weighted by atomic mass is 9.86. The van der Waals surface area contributed by atoms with Crippen LogP contribution in [0.15, 0.2) is 0 Å². The monoisotopic (exact) mass is 273 g/mol. The van der Waals surface area contributed by atoms with E-state index in [2.05, 4.69) is 12.2 Å². The van der Waals surface area contributed by atoms with Crippen LogP contribution in [0.3, 0.4) is 0 Å². The highest BCUT2D eigenvalue weighted by molar-refractivity contribution is 4.97. The summed E-state index contributed by atoms with van der Waals surface area (Å²) in [4.78, 5) is 0. The lowest BCUT2D eigenvalue weighted by molar-refractivity contribution is 0.0341. The third-order valence-electron chi connectivity index (χ3n) is 4.36. The van der Waals surface area contributed by atoms with Gasteiger partial charge in [-0.3, -0.25) is 0 Å². The van der Waals surface area contributed by atoms with Gasteiger partial charge in [0.05, 0.1) is 19.8 Å². The molecule has 0 heterocycles. The molecule has 19 heavy (non-hydrogen) atoms. The average Bonchev–Trinajstić information content (AvgIpc) is 2.85. The van der Waals surface area contributed by atoms with Crippen LogP contribution in [0.1, 0.15) is 45.4 Å². The number of rotatable bonds is 11. The average molecular weight is 273 g/mol. The number of hydrogen-bond acceptors (Lipinski definition) is 4. The molecule has 1 fully saturated rings. The Labute approximate surface area is 117 Å². The van der Waals surface area contributed by atoms with Gasteiger partial charge in [0.25, 0.3) is 0 Å². The molecule has 0 aliphatic heterocycles. The number of aliphatic hydroxyl groups excluding tert-OH is 1. The van der Waals surface area contributed by atoms with Crippen LogP contribution in [-0.2, 0) is 9.47 Å². The molecule has 0 spiro atoms. The minimum absolute atomic E-state index is 0.0685. The number of unbranched alkanes of at least 4 members (excludes halogenated alkanes) is 1. The first kappa shape index (κ1) is 16.9. The minimum atomic E-state index is -0.0685. The summed E-state index contributed by atoms with van der Waals surface area (Å²) in [7, 11) is 1.96. The van der Waals surface area contributed by atoms with Crippen molar-refractivity contribution in [3.05, 3.63) is 0 Å². The van der Waals surface area contributed by atoms with Crippen molar-refractivity contribution >= 4 is 0 Å². The zero-order valence-corrected chi connectivity index (χ0v) is 12.6. The van der Waals surface area contributed by atoms with Crippen molar-refractivity contribution < 1.29 is 14.6 Å². The fourth-order valence-electron chi connectivity index (χ4n) is 2.98. The van der Waals surface area contributed by atoms with E-state index in [1.54, 1.807) is 0 Å². The van der Waals surface area contributed by atoms with E-state index in [9.17, 15) is 5.11 Å². The molecule has 4 nitrogen and oxygen atoms in total. The Morgan fingerprint density at radius 1 is 1.21 bits per heavy atom. The topological polar surface area (TPSA) is 50.7 Å². The molecule has 1 aliphatic carbocycles. The highest BCUT2D eigenvalue weighted by atomic mass is 16.5. The first-order valence-corrected chi connectivity index (χ1v) is 7.74. The molecule has 0 aromatic rings. The second kappa shape index (κ2) is 9.70. The second-order valence-corrected chi connectivity index (χ2v) is 5.52. The number of ether oxygens (including phenoxy) is 2. The lowest BCUT2D eigenvalue weighted by Gasteiger charge is -2.33. The van der Waals surface area contributed by atoms with Gasteiger partial charge in [-0.2, -0.15) is 0 Å². The standard InChI is InChI=1S/C15H31NO3/c1-3-4-9-18-11-12-19-10-7-14-6-5-8-15(14,13-17)16-2/h14,16-17H,3-13H2,1-2H3. The van der Waals surface area contributed by atoms with Crippen LogP contribution in [0.2, 0.25) is 0 Å². The third-order valence-corrected chi connectivity index (χ3v) is 4.36. The molecule has 1 saturated carbocycles. The molecule has 1 rings (SSSR count). The smallest absolute Gasteiger partial charge is 0.0700 e. The number of likely N-dealkylation sites (N-methyl/N-ethyl adjacent to an activating group) is 1. The molecule has 2 atom stereocenters. The molecule has 2 N–H and O–H groups in total. The summed E-state index contributed by atoms with van der Waals surface area (Å²) in [6.45, 7) is 5.38. The van der Waals surface area contributed by atoms with Crippen molar-refractivity contribution in [1.82, 2.24) is 5.32 Å². The van der Waals surface area contributed by atoms with Crippen LogP contribution < -0.4 is 5.32 Å². The van der Waals surface area contributed by atoms with E-state index in [0.29, 0.717) is 19.1 Å². The van der Waals surface area contributed by atoms with Gasteiger partial charge in [-0.25, -0.2) is 0 Å². The van der Waals surface area contributed by atoms with Crippen molar-refractivity contribution in [2.24, 2.45) is 5.92 Å². The summed E-state index contributed by atoms with van der Waals surface area (Å²) in [5.41, 5.74) is -0.0685. The van der Waals surface area contributed by atoms with Crippen molar-refractivity contribution in [3.63, 3.8) is 0 Å². The first-order valence-electron chi connectivity index (χ1n) is 7.74. The van der Waals surface area contributed by atoms with Crippen molar-refractivity contribution in [2.75, 3.05) is 40.1 Å². The number of nitrogens with one attached hydrogen (secondary N) is 1. The molecule has 0 bridgehead atoms. The Bertz CT molecular complexity index is 219. The molecule has 0 amide bonds. The Morgan fingerprint density at radius 3 is 2.58 bits per heavy atom. The van der Waals surface area contributed by atoms with Crippen LogP contribution in [-0.4, -0.2) is 50.7 Å². The van der Waals surface area contributed by atoms with Crippen LogP contribution in [0.25, 0.3) is 0 Å². The van der Waals surface area contributed by atoms with Crippen LogP contribution in [0, 0.1) is 5.92 Å². The quantitative estimate of drug-likeness (QED) is 0.565. The van der Waals surface area contributed by atoms with Crippen molar-refractivity contribution in [3.8, 4) is 0 Å². The van der Waals surface area contributed by atoms with Crippen LogP contribution in [0.4, 0.5) is 0 Å². The predicted molar refractivity (Wildman–Crippen MR) is 77.4 cm³/mol. The maximum absolute atomic E-state index is 9.59. The zero-order valence-electron chi connectivity index (χ0n) is 12.6. The second-order valence-electron chi connectivity index (χ2n) is 5.52. The van der Waals surface area contributed by atoms with Gasteiger partial charge in [-0.05, 0) is 38.6 Å². The van der Waals surface area contributed by atoms with Crippen molar-refractivity contribution in [1.29, 1.82) is 0 Å². The van der Waals surface area contributed by atoms with E-state index in [-0.39, 0.29) is 12.1 Å². The van der Waals surface area contributed by atoms with Gasteiger partial charge in [0.2, 0.25) is 0 Å². The normalized spacial score (nSPS) is 27.0. The van der Waals surface area contributed by atoms with E-state index in [1.165, 1.54) is 19.3 Å². The summed E-state index contributed by atoms with van der Waals surface area (Å²) in [6, 6.07) is 0. The zero-order chi connectivity index (χ0) is 14.0. The number of aliphatic hydroxyl groups is 1. The van der Waals surface area contributed by atoms with E-state index in [4.69, 9.17) is 9.47 Å². The Morgan fingerprint density at radius 2 is 1.95 bits per heavy atom. The maximum atomic E-state index is 9.59. The highest BCUT2D eigenvalue weighted by Gasteiger charge is 2.40. The molecule has 0 aromatic carbocycles. The van der Waals surface area contributed by atoms with Gasteiger partial charge >= 0.3 is 0 Å². The maximum Gasteiger partial charge on any atom is 0.0700 e. The SMILES string of the molecule is CCCCOCCOCCC1CCCC1(CO)NC. The van der Waals surface area contributed by atoms with Gasteiger partial charge in [0.1, 0.15) is 0 Å². The Hall–Kier alpha value is -0.160. The van der Waals surface area contributed by atoms with E-state index in [0.717, 1.165) is 32.5 Å². The molecule has 114 valence electrons. The fraction of sp³-hybridized carbons (Fsp3) is 1.00. The summed E-state index contributed by atoms with van der Waals surface area (Å²) in [5.74, 6) is 0.531. The third kappa shape index (κ3) is 5.38. The number of hydrogen-bond donors (Lipinski definition) is 2. The van der Waals surface area contributed by atoms with Crippen LogP contribution in [0.5, 0.6) is 0 Å². The molecule has 0 radical (unpaired) electrons. The van der Waals surface area contributed by atoms with Gasteiger partial charge in [-0.15, -0.1) is 0 Å². The van der Waals surface area contributed by atoms with Gasteiger partial charge in [-0.1, -0.05) is 19.8 Å².